The van der Waals surface area contributed by atoms with Crippen LogP contribution in [0.25, 0.3) is 0 Å². The predicted octanol–water partition coefficient (Wildman–Crippen LogP) is 1.36. The number of piperidine rings is 1. The third-order valence-electron chi connectivity index (χ3n) is 7.51. The smallest absolute Gasteiger partial charge is 0.408 e. The van der Waals surface area contributed by atoms with Gasteiger partial charge in [-0.2, -0.15) is 0 Å². The number of ether oxygens (including phenoxy) is 1. The second-order valence-electron chi connectivity index (χ2n) is 12.2. The number of alkyl carbamates (subject to hydrolysis) is 1. The standard InChI is InChI=1S/C25H40N4O6/c1-12(2)17(28-23(34)35-24(3,4)5)22(33)29-11-14-16(25(14,6)7)18(29)21(32)27-15(10-13-8-9-13)19(30)20(26)31/h12-18H,8-11H2,1-7H3,(H2,26,31)(H,27,32)(H,28,34). The Kier molecular flexibility index (Phi) is 7.26. The minimum absolute atomic E-state index is 0.0777. The van der Waals surface area contributed by atoms with E-state index in [4.69, 9.17) is 10.5 Å². The average molecular weight is 493 g/mol. The van der Waals surface area contributed by atoms with Crippen LogP contribution in [0.5, 0.6) is 0 Å². The van der Waals surface area contributed by atoms with E-state index < -0.39 is 47.4 Å². The molecule has 5 atom stereocenters. The van der Waals surface area contributed by atoms with E-state index in [2.05, 4.69) is 24.5 Å². The molecule has 1 saturated heterocycles. The van der Waals surface area contributed by atoms with Crippen LogP contribution in [0.15, 0.2) is 0 Å². The monoisotopic (exact) mass is 492 g/mol. The van der Waals surface area contributed by atoms with E-state index >= 15 is 0 Å². The minimum Gasteiger partial charge on any atom is -0.444 e. The van der Waals surface area contributed by atoms with Crippen molar-refractivity contribution in [1.82, 2.24) is 15.5 Å². The number of nitrogens with two attached hydrogens (primary N) is 1. The third-order valence-corrected chi connectivity index (χ3v) is 7.51. The average Bonchev–Trinajstić information content (AvgIpc) is 3.56. The lowest BCUT2D eigenvalue weighted by Crippen LogP contribution is -2.59. The van der Waals surface area contributed by atoms with Crippen LogP contribution in [-0.4, -0.2) is 64.8 Å². The van der Waals surface area contributed by atoms with Gasteiger partial charge in [0.1, 0.15) is 17.7 Å². The first-order valence-corrected chi connectivity index (χ1v) is 12.5. The highest BCUT2D eigenvalue weighted by molar-refractivity contribution is 6.37. The number of ketones is 1. The van der Waals surface area contributed by atoms with Gasteiger partial charge in [-0.3, -0.25) is 19.2 Å². The first-order chi connectivity index (χ1) is 16.0. The van der Waals surface area contributed by atoms with Crippen LogP contribution in [0.2, 0.25) is 0 Å². The highest BCUT2D eigenvalue weighted by Crippen LogP contribution is 2.65. The number of primary amides is 1. The van der Waals surface area contributed by atoms with Crippen LogP contribution in [0.1, 0.15) is 67.7 Å². The third kappa shape index (κ3) is 5.95. The summed E-state index contributed by atoms with van der Waals surface area (Å²) in [6.07, 6.45) is 1.54. The Morgan fingerprint density at radius 1 is 1.09 bits per heavy atom. The molecule has 0 radical (unpaired) electrons. The molecular formula is C25H40N4O6. The number of hydrogen-bond acceptors (Lipinski definition) is 6. The highest BCUT2D eigenvalue weighted by atomic mass is 16.6. The van der Waals surface area contributed by atoms with Crippen molar-refractivity contribution >= 4 is 29.6 Å². The summed E-state index contributed by atoms with van der Waals surface area (Å²) in [6.45, 7) is 13.3. The molecule has 0 spiro atoms. The van der Waals surface area contributed by atoms with Crippen molar-refractivity contribution in [3.05, 3.63) is 0 Å². The fraction of sp³-hybridized carbons (Fsp3) is 0.800. The molecule has 3 aliphatic rings. The van der Waals surface area contributed by atoms with Gasteiger partial charge in [-0.05, 0) is 56.3 Å². The van der Waals surface area contributed by atoms with Crippen LogP contribution in [0.4, 0.5) is 4.79 Å². The topological polar surface area (TPSA) is 148 Å². The Balaban J connectivity index is 1.79. The number of carbonyl (C=O) groups excluding carboxylic acids is 5. The number of amides is 4. The van der Waals surface area contributed by atoms with Crippen molar-refractivity contribution in [2.24, 2.45) is 34.8 Å². The zero-order valence-corrected chi connectivity index (χ0v) is 21.8. The maximum absolute atomic E-state index is 13.6. The van der Waals surface area contributed by atoms with E-state index in [0.717, 1.165) is 12.8 Å². The molecule has 0 bridgehead atoms. The maximum atomic E-state index is 13.6. The maximum Gasteiger partial charge on any atom is 0.408 e. The molecule has 1 heterocycles. The van der Waals surface area contributed by atoms with Gasteiger partial charge in [0.2, 0.25) is 17.6 Å². The lowest BCUT2D eigenvalue weighted by molar-refractivity contribution is -0.144. The van der Waals surface area contributed by atoms with Crippen molar-refractivity contribution in [3.8, 4) is 0 Å². The molecule has 3 rings (SSSR count). The zero-order valence-electron chi connectivity index (χ0n) is 21.8. The number of fused-ring (bicyclic) bond motifs is 1. The fourth-order valence-electron chi connectivity index (χ4n) is 5.29. The molecule has 1 aliphatic heterocycles. The molecule has 0 aromatic carbocycles. The minimum atomic E-state index is -1.08. The van der Waals surface area contributed by atoms with Gasteiger partial charge in [0.15, 0.2) is 0 Å². The van der Waals surface area contributed by atoms with Gasteiger partial charge >= 0.3 is 6.09 Å². The van der Waals surface area contributed by atoms with Crippen molar-refractivity contribution < 1.29 is 28.7 Å². The summed E-state index contributed by atoms with van der Waals surface area (Å²) >= 11 is 0. The van der Waals surface area contributed by atoms with Gasteiger partial charge in [0, 0.05) is 6.54 Å². The van der Waals surface area contributed by atoms with Crippen LogP contribution >= 0.6 is 0 Å². The van der Waals surface area contributed by atoms with Gasteiger partial charge in [0.25, 0.3) is 5.91 Å². The Morgan fingerprint density at radius 2 is 1.69 bits per heavy atom. The summed E-state index contributed by atoms with van der Waals surface area (Å²) in [6, 6.07) is -2.67. The molecule has 4 amide bonds. The molecule has 3 fully saturated rings. The van der Waals surface area contributed by atoms with Crippen molar-refractivity contribution in [2.75, 3.05) is 6.54 Å². The lowest BCUT2D eigenvalue weighted by atomic mass is 9.96. The second-order valence-corrected chi connectivity index (χ2v) is 12.2. The van der Waals surface area contributed by atoms with Gasteiger partial charge in [-0.15, -0.1) is 0 Å². The van der Waals surface area contributed by atoms with Crippen LogP contribution < -0.4 is 16.4 Å². The molecule has 196 valence electrons. The Morgan fingerprint density at radius 3 is 2.17 bits per heavy atom. The Bertz CT molecular complexity index is 904. The van der Waals surface area contributed by atoms with E-state index in [-0.39, 0.29) is 35.0 Å². The molecule has 2 saturated carbocycles. The summed E-state index contributed by atoms with van der Waals surface area (Å²) < 4.78 is 5.33. The van der Waals surface area contributed by atoms with E-state index in [0.29, 0.717) is 13.0 Å². The van der Waals surface area contributed by atoms with Crippen LogP contribution in [-0.2, 0) is 23.9 Å². The summed E-state index contributed by atoms with van der Waals surface area (Å²) in [7, 11) is 0. The van der Waals surface area contributed by atoms with E-state index in [1.54, 1.807) is 20.8 Å². The summed E-state index contributed by atoms with van der Waals surface area (Å²) in [5, 5.41) is 5.40. The van der Waals surface area contributed by atoms with Gasteiger partial charge in [-0.25, -0.2) is 4.79 Å². The quantitative estimate of drug-likeness (QED) is 0.414. The van der Waals surface area contributed by atoms with E-state index in [1.165, 1.54) is 4.90 Å². The lowest BCUT2D eigenvalue weighted by Gasteiger charge is -2.35. The van der Waals surface area contributed by atoms with Crippen LogP contribution in [0.3, 0.4) is 0 Å². The van der Waals surface area contributed by atoms with Gasteiger partial charge in [-0.1, -0.05) is 40.5 Å². The molecule has 4 N–H and O–H groups in total. The Hall–Kier alpha value is -2.65. The molecule has 0 aromatic heterocycles. The number of nitrogens with zero attached hydrogens (tertiary/aromatic N) is 1. The summed E-state index contributed by atoms with van der Waals surface area (Å²) in [5.74, 6) is -2.65. The largest absolute Gasteiger partial charge is 0.444 e. The molecule has 5 unspecified atom stereocenters. The number of nitrogens with one attached hydrogen (secondary N) is 2. The van der Waals surface area contributed by atoms with E-state index in [1.807, 2.05) is 13.8 Å². The Labute approximate surface area is 207 Å². The molecule has 0 aromatic rings. The van der Waals surface area contributed by atoms with Crippen LogP contribution in [0, 0.1) is 29.1 Å². The normalized spacial score (nSPS) is 26.4. The number of likely N-dealkylation sites (tertiary alicyclic amines) is 1. The SMILES string of the molecule is CC(C)C(NC(=O)OC(C)(C)C)C(=O)N1CC2C(C1C(=O)NC(CC1CC1)C(=O)C(N)=O)C2(C)C. The molecule has 10 nitrogen and oxygen atoms in total. The number of carbonyl (C=O) groups is 5. The molecule has 2 aliphatic carbocycles. The van der Waals surface area contributed by atoms with Gasteiger partial charge in [0.05, 0.1) is 6.04 Å². The summed E-state index contributed by atoms with van der Waals surface area (Å²) in [5.41, 5.74) is 4.37. The second kappa shape index (κ2) is 9.43. The zero-order chi connectivity index (χ0) is 26.5. The molecule has 35 heavy (non-hydrogen) atoms. The molecule has 10 heteroatoms. The van der Waals surface area contributed by atoms with Crippen molar-refractivity contribution in [3.63, 3.8) is 0 Å². The van der Waals surface area contributed by atoms with E-state index in [9.17, 15) is 24.0 Å². The summed E-state index contributed by atoms with van der Waals surface area (Å²) in [4.78, 5) is 65.0. The predicted molar refractivity (Wildman–Crippen MR) is 128 cm³/mol. The highest BCUT2D eigenvalue weighted by Gasteiger charge is 2.69. The first-order valence-electron chi connectivity index (χ1n) is 12.5. The fourth-order valence-corrected chi connectivity index (χ4v) is 5.29. The van der Waals surface area contributed by atoms with Gasteiger partial charge < -0.3 is 26.0 Å². The number of hydrogen-bond donors (Lipinski definition) is 3. The number of Topliss-reactive ketones (excluding diaryl/α,β-unsaturated/α-hetero) is 1. The number of rotatable bonds is 9. The first kappa shape index (κ1) is 26.9. The van der Waals surface area contributed by atoms with Crippen molar-refractivity contribution in [2.45, 2.75) is 91.5 Å². The molecular weight excluding hydrogens is 452 g/mol. The van der Waals surface area contributed by atoms with Crippen molar-refractivity contribution in [1.29, 1.82) is 0 Å².